The molecule has 0 unspecified atom stereocenters. The molecule has 2 atom stereocenters. The monoisotopic (exact) mass is 343 g/mol. The van der Waals surface area contributed by atoms with Gasteiger partial charge in [0.25, 0.3) is 0 Å². The van der Waals surface area contributed by atoms with Gasteiger partial charge in [-0.3, -0.25) is 9.69 Å². The maximum Gasteiger partial charge on any atom is 0.323 e. The second-order valence-electron chi connectivity index (χ2n) is 4.96. The van der Waals surface area contributed by atoms with Crippen LogP contribution in [0, 0.1) is 5.82 Å². The summed E-state index contributed by atoms with van der Waals surface area (Å²) < 4.78 is 17.9. The number of carbonyl (C=O) groups is 1. The van der Waals surface area contributed by atoms with Crippen LogP contribution >= 0.6 is 15.9 Å². The third kappa shape index (κ3) is 3.38. The van der Waals surface area contributed by atoms with E-state index in [2.05, 4.69) is 20.8 Å². The highest BCUT2D eigenvalue weighted by atomic mass is 79.9. The Labute approximate surface area is 127 Å². The van der Waals surface area contributed by atoms with Crippen molar-refractivity contribution in [3.63, 3.8) is 0 Å². The molecule has 0 aromatic heterocycles. The van der Waals surface area contributed by atoms with Gasteiger partial charge in [0.2, 0.25) is 0 Å². The zero-order valence-electron chi connectivity index (χ0n) is 11.5. The lowest BCUT2D eigenvalue weighted by molar-refractivity contribution is -0.146. The van der Waals surface area contributed by atoms with Gasteiger partial charge in [0.05, 0.1) is 7.11 Å². The van der Waals surface area contributed by atoms with E-state index < -0.39 is 0 Å². The first-order chi connectivity index (χ1) is 9.67. The summed E-state index contributed by atoms with van der Waals surface area (Å²) in [6.07, 6.45) is 2.65. The summed E-state index contributed by atoms with van der Waals surface area (Å²) in [4.78, 5) is 14.1. The smallest absolute Gasteiger partial charge is 0.323 e. The van der Waals surface area contributed by atoms with E-state index in [9.17, 15) is 9.18 Å². The molecule has 20 heavy (non-hydrogen) atoms. The number of rotatable bonds is 5. The zero-order valence-corrected chi connectivity index (χ0v) is 13.1. The van der Waals surface area contributed by atoms with Crippen molar-refractivity contribution in [2.45, 2.75) is 31.3 Å². The second kappa shape index (κ2) is 7.18. The molecule has 0 N–H and O–H groups in total. The number of nitrogens with zero attached hydrogens (tertiary/aromatic N) is 1. The topological polar surface area (TPSA) is 29.5 Å². The van der Waals surface area contributed by atoms with Gasteiger partial charge in [-0.25, -0.2) is 4.39 Å². The Kier molecular flexibility index (Phi) is 5.54. The van der Waals surface area contributed by atoms with Crippen LogP contribution in [0.25, 0.3) is 0 Å². The van der Waals surface area contributed by atoms with E-state index >= 15 is 0 Å². The number of esters is 1. The quantitative estimate of drug-likeness (QED) is 0.606. The summed E-state index contributed by atoms with van der Waals surface area (Å²) in [5.74, 6) is -0.410. The first-order valence-corrected chi connectivity index (χ1v) is 7.94. The molecule has 0 bridgehead atoms. The van der Waals surface area contributed by atoms with Crippen LogP contribution in [-0.4, -0.2) is 35.9 Å². The minimum Gasteiger partial charge on any atom is -0.468 e. The highest BCUT2D eigenvalue weighted by molar-refractivity contribution is 9.09. The minimum atomic E-state index is -0.233. The van der Waals surface area contributed by atoms with Gasteiger partial charge in [-0.05, 0) is 37.0 Å². The van der Waals surface area contributed by atoms with Crippen LogP contribution in [0.5, 0.6) is 0 Å². The lowest BCUT2D eigenvalue weighted by atomic mass is 10.0. The SMILES string of the molecule is COC(=O)[C@@H]1CC[C@H](c2ccc(F)cc2)N1CCCBr. The minimum absolute atomic E-state index is 0.166. The Hall–Kier alpha value is -0.940. The molecule has 2 rings (SSSR count). The number of alkyl halides is 1. The summed E-state index contributed by atoms with van der Waals surface area (Å²) in [5, 5.41) is 0.896. The average molecular weight is 344 g/mol. The number of halogens is 2. The van der Waals surface area contributed by atoms with Crippen molar-refractivity contribution in [1.29, 1.82) is 0 Å². The Balaban J connectivity index is 2.18. The van der Waals surface area contributed by atoms with Crippen molar-refractivity contribution >= 4 is 21.9 Å². The molecule has 0 aliphatic carbocycles. The molecule has 1 fully saturated rings. The Morgan fingerprint density at radius 3 is 2.70 bits per heavy atom. The maximum absolute atomic E-state index is 13.0. The molecule has 5 heteroatoms. The van der Waals surface area contributed by atoms with Crippen LogP contribution < -0.4 is 0 Å². The van der Waals surface area contributed by atoms with Crippen LogP contribution in [0.4, 0.5) is 4.39 Å². The van der Waals surface area contributed by atoms with Crippen molar-refractivity contribution in [2.75, 3.05) is 19.0 Å². The molecule has 1 aromatic rings. The molecular formula is C15H19BrFNO2. The molecule has 110 valence electrons. The largest absolute Gasteiger partial charge is 0.468 e. The number of methoxy groups -OCH3 is 1. The van der Waals surface area contributed by atoms with Crippen LogP contribution in [-0.2, 0) is 9.53 Å². The van der Waals surface area contributed by atoms with Crippen molar-refractivity contribution in [2.24, 2.45) is 0 Å². The number of likely N-dealkylation sites (tertiary alicyclic amines) is 1. The van der Waals surface area contributed by atoms with E-state index in [4.69, 9.17) is 4.74 Å². The normalized spacial score (nSPS) is 22.9. The predicted molar refractivity (Wildman–Crippen MR) is 79.3 cm³/mol. The van der Waals surface area contributed by atoms with Gasteiger partial charge in [-0.15, -0.1) is 0 Å². The predicted octanol–water partition coefficient (Wildman–Crippen LogP) is 3.29. The van der Waals surface area contributed by atoms with Gasteiger partial charge in [-0.1, -0.05) is 28.1 Å². The third-order valence-electron chi connectivity index (χ3n) is 3.79. The van der Waals surface area contributed by atoms with E-state index in [0.717, 1.165) is 36.7 Å². The second-order valence-corrected chi connectivity index (χ2v) is 5.76. The molecule has 0 amide bonds. The van der Waals surface area contributed by atoms with Crippen LogP contribution in [0.1, 0.15) is 30.9 Å². The van der Waals surface area contributed by atoms with Crippen molar-refractivity contribution in [1.82, 2.24) is 4.90 Å². The van der Waals surface area contributed by atoms with E-state index in [-0.39, 0.29) is 23.9 Å². The summed E-state index contributed by atoms with van der Waals surface area (Å²) in [6, 6.07) is 6.54. The third-order valence-corrected chi connectivity index (χ3v) is 4.35. The number of benzene rings is 1. The maximum atomic E-state index is 13.0. The molecule has 0 radical (unpaired) electrons. The van der Waals surface area contributed by atoms with Gasteiger partial charge in [0.15, 0.2) is 0 Å². The lowest BCUT2D eigenvalue weighted by Crippen LogP contribution is -2.39. The van der Waals surface area contributed by atoms with Crippen LogP contribution in [0.3, 0.4) is 0 Å². The lowest BCUT2D eigenvalue weighted by Gasteiger charge is -2.28. The Morgan fingerprint density at radius 1 is 1.40 bits per heavy atom. The summed E-state index contributed by atoms with van der Waals surface area (Å²) in [6.45, 7) is 0.826. The van der Waals surface area contributed by atoms with Gasteiger partial charge in [0, 0.05) is 17.9 Å². The highest BCUT2D eigenvalue weighted by Crippen LogP contribution is 2.36. The molecule has 3 nitrogen and oxygen atoms in total. The van der Waals surface area contributed by atoms with Crippen molar-refractivity contribution in [3.8, 4) is 0 Å². The van der Waals surface area contributed by atoms with E-state index in [1.165, 1.54) is 19.2 Å². The van der Waals surface area contributed by atoms with Gasteiger partial charge >= 0.3 is 5.97 Å². The van der Waals surface area contributed by atoms with Crippen LogP contribution in [0.15, 0.2) is 24.3 Å². The van der Waals surface area contributed by atoms with Crippen LogP contribution in [0.2, 0.25) is 0 Å². The molecule has 0 saturated carbocycles. The average Bonchev–Trinajstić information content (AvgIpc) is 2.88. The van der Waals surface area contributed by atoms with E-state index in [0.29, 0.717) is 0 Å². The van der Waals surface area contributed by atoms with Gasteiger partial charge in [0.1, 0.15) is 11.9 Å². The van der Waals surface area contributed by atoms with Crippen molar-refractivity contribution < 1.29 is 13.9 Å². The number of carbonyl (C=O) groups excluding carboxylic acids is 1. The number of hydrogen-bond acceptors (Lipinski definition) is 3. The highest BCUT2D eigenvalue weighted by Gasteiger charge is 2.38. The Morgan fingerprint density at radius 2 is 2.10 bits per heavy atom. The summed E-state index contributed by atoms with van der Waals surface area (Å²) >= 11 is 3.42. The van der Waals surface area contributed by atoms with Gasteiger partial charge in [-0.2, -0.15) is 0 Å². The molecular weight excluding hydrogens is 325 g/mol. The molecule has 1 aliphatic heterocycles. The first-order valence-electron chi connectivity index (χ1n) is 6.82. The molecule has 1 heterocycles. The van der Waals surface area contributed by atoms with E-state index in [1.807, 2.05) is 0 Å². The first kappa shape index (κ1) is 15.4. The molecule has 1 saturated heterocycles. The summed E-state index contributed by atoms with van der Waals surface area (Å²) in [5.41, 5.74) is 1.06. The molecule has 1 aliphatic rings. The Bertz CT molecular complexity index is 452. The molecule has 1 aromatic carbocycles. The van der Waals surface area contributed by atoms with Gasteiger partial charge < -0.3 is 4.74 Å². The van der Waals surface area contributed by atoms with Crippen molar-refractivity contribution in [3.05, 3.63) is 35.6 Å². The molecule has 0 spiro atoms. The zero-order chi connectivity index (χ0) is 14.5. The fraction of sp³-hybridized carbons (Fsp3) is 0.533. The summed E-state index contributed by atoms with van der Waals surface area (Å²) in [7, 11) is 1.43. The number of ether oxygens (including phenoxy) is 1. The van der Waals surface area contributed by atoms with E-state index in [1.54, 1.807) is 12.1 Å². The number of hydrogen-bond donors (Lipinski definition) is 0. The fourth-order valence-corrected chi connectivity index (χ4v) is 3.10. The standard InChI is InChI=1S/C15H19BrFNO2/c1-20-15(19)14-8-7-13(18(14)10-2-9-16)11-3-5-12(17)6-4-11/h3-6,13-14H,2,7-10H2,1H3/t13-,14+/m1/s1. The fourth-order valence-electron chi connectivity index (χ4n) is 2.85.